The first-order valence-electron chi connectivity index (χ1n) is 8.01. The van der Waals surface area contributed by atoms with Crippen molar-refractivity contribution in [2.75, 3.05) is 0 Å². The smallest absolute Gasteiger partial charge is 0.251 e. The summed E-state index contributed by atoms with van der Waals surface area (Å²) in [6.07, 6.45) is 1.77. The molecule has 5 heteroatoms. The Labute approximate surface area is 146 Å². The summed E-state index contributed by atoms with van der Waals surface area (Å²) in [7, 11) is 0. The molecule has 3 rings (SSSR count). The van der Waals surface area contributed by atoms with Gasteiger partial charge in [-0.1, -0.05) is 19.9 Å². The Morgan fingerprint density at radius 3 is 2.46 bits per heavy atom. The van der Waals surface area contributed by atoms with Crippen molar-refractivity contribution in [3.8, 4) is 5.69 Å². The minimum Gasteiger partial charge on any atom is -0.344 e. The van der Waals surface area contributed by atoms with Crippen molar-refractivity contribution < 1.29 is 4.79 Å². The summed E-state index contributed by atoms with van der Waals surface area (Å²) in [5.74, 6) is 0.282. The van der Waals surface area contributed by atoms with Crippen molar-refractivity contribution >= 4 is 17.2 Å². The van der Waals surface area contributed by atoms with E-state index in [1.165, 1.54) is 4.88 Å². The summed E-state index contributed by atoms with van der Waals surface area (Å²) in [6, 6.07) is 13.6. The van der Waals surface area contributed by atoms with Crippen molar-refractivity contribution in [1.29, 1.82) is 0 Å². The molecule has 0 spiro atoms. The van der Waals surface area contributed by atoms with Crippen molar-refractivity contribution in [3.63, 3.8) is 0 Å². The van der Waals surface area contributed by atoms with Crippen molar-refractivity contribution in [2.24, 2.45) is 5.92 Å². The van der Waals surface area contributed by atoms with Gasteiger partial charge in [0.25, 0.3) is 5.91 Å². The van der Waals surface area contributed by atoms with Gasteiger partial charge in [0.05, 0.1) is 11.7 Å². The zero-order valence-electron chi connectivity index (χ0n) is 14.1. The number of hydrogen-bond donors (Lipinski definition) is 1. The van der Waals surface area contributed by atoms with Crippen LogP contribution in [0, 0.1) is 12.8 Å². The van der Waals surface area contributed by atoms with E-state index in [1.54, 1.807) is 17.5 Å². The molecule has 0 saturated heterocycles. The molecule has 0 unspecified atom stereocenters. The fourth-order valence-corrected chi connectivity index (χ4v) is 3.60. The molecule has 0 saturated carbocycles. The van der Waals surface area contributed by atoms with E-state index in [4.69, 9.17) is 0 Å². The number of nitrogens with zero attached hydrogens (tertiary/aromatic N) is 2. The molecule has 1 amide bonds. The fraction of sp³-hybridized carbons (Fsp3) is 0.263. The SMILES string of the molecule is Cc1ccnn1-c1ccc(C(=O)N[C@H](c2cccs2)C(C)C)cc1. The van der Waals surface area contributed by atoms with Gasteiger partial charge in [-0.05, 0) is 54.6 Å². The maximum Gasteiger partial charge on any atom is 0.251 e. The highest BCUT2D eigenvalue weighted by Crippen LogP contribution is 2.26. The maximum absolute atomic E-state index is 12.6. The molecule has 0 fully saturated rings. The van der Waals surface area contributed by atoms with Gasteiger partial charge in [0.1, 0.15) is 0 Å². The summed E-state index contributed by atoms with van der Waals surface area (Å²) < 4.78 is 1.85. The normalized spacial score (nSPS) is 12.3. The van der Waals surface area contributed by atoms with Crippen LogP contribution in [-0.2, 0) is 0 Å². The molecule has 4 nitrogen and oxygen atoms in total. The van der Waals surface area contributed by atoms with Gasteiger partial charge in [-0.2, -0.15) is 5.10 Å². The first-order valence-corrected chi connectivity index (χ1v) is 8.89. The first kappa shape index (κ1) is 16.5. The largest absolute Gasteiger partial charge is 0.344 e. The topological polar surface area (TPSA) is 46.9 Å². The Bertz CT molecular complexity index is 804. The van der Waals surface area contributed by atoms with Gasteiger partial charge in [0.2, 0.25) is 0 Å². The first-order chi connectivity index (χ1) is 11.6. The van der Waals surface area contributed by atoms with Crippen LogP contribution in [0.15, 0.2) is 54.0 Å². The van der Waals surface area contributed by atoms with E-state index in [-0.39, 0.29) is 11.9 Å². The molecule has 2 aromatic heterocycles. The zero-order valence-corrected chi connectivity index (χ0v) is 14.9. The second-order valence-corrected chi connectivity index (χ2v) is 7.12. The highest BCUT2D eigenvalue weighted by Gasteiger charge is 2.20. The van der Waals surface area contributed by atoms with E-state index < -0.39 is 0 Å². The summed E-state index contributed by atoms with van der Waals surface area (Å²) in [5.41, 5.74) is 2.67. The lowest BCUT2D eigenvalue weighted by atomic mass is 10.0. The van der Waals surface area contributed by atoms with Gasteiger partial charge in [0, 0.05) is 22.3 Å². The minimum absolute atomic E-state index is 0.0329. The summed E-state index contributed by atoms with van der Waals surface area (Å²) in [5, 5.41) is 9.47. The fourth-order valence-electron chi connectivity index (χ4n) is 2.65. The molecule has 2 heterocycles. The van der Waals surface area contributed by atoms with E-state index in [9.17, 15) is 4.79 Å². The van der Waals surface area contributed by atoms with Gasteiger partial charge in [-0.15, -0.1) is 11.3 Å². The molecular weight excluding hydrogens is 318 g/mol. The van der Waals surface area contributed by atoms with Crippen molar-refractivity contribution in [3.05, 3.63) is 70.2 Å². The number of hydrogen-bond acceptors (Lipinski definition) is 3. The molecule has 1 aromatic carbocycles. The highest BCUT2D eigenvalue weighted by molar-refractivity contribution is 7.10. The summed E-state index contributed by atoms with van der Waals surface area (Å²) in [4.78, 5) is 13.8. The van der Waals surface area contributed by atoms with Crippen LogP contribution in [0.5, 0.6) is 0 Å². The Kier molecular flexibility index (Phi) is 4.81. The predicted octanol–water partition coefficient (Wildman–Crippen LogP) is 4.37. The second kappa shape index (κ2) is 7.01. The van der Waals surface area contributed by atoms with Crippen molar-refractivity contribution in [1.82, 2.24) is 15.1 Å². The predicted molar refractivity (Wildman–Crippen MR) is 97.7 cm³/mol. The molecular formula is C19H21N3OS. The number of thiophene rings is 1. The molecule has 0 aliphatic rings. The molecule has 124 valence electrons. The van der Waals surface area contributed by atoms with Gasteiger partial charge in [-0.25, -0.2) is 4.68 Å². The van der Waals surface area contributed by atoms with E-state index in [2.05, 4.69) is 30.3 Å². The Hall–Kier alpha value is -2.40. The summed E-state index contributed by atoms with van der Waals surface area (Å²) >= 11 is 1.67. The number of nitrogens with one attached hydrogen (secondary N) is 1. The molecule has 0 aliphatic heterocycles. The number of carbonyl (C=O) groups is 1. The third-order valence-electron chi connectivity index (χ3n) is 4.01. The number of rotatable bonds is 5. The number of amides is 1. The van der Waals surface area contributed by atoms with Crippen LogP contribution in [0.4, 0.5) is 0 Å². The van der Waals surface area contributed by atoms with Gasteiger partial charge in [-0.3, -0.25) is 4.79 Å². The molecule has 1 atom stereocenters. The molecule has 1 N–H and O–H groups in total. The minimum atomic E-state index is -0.0502. The zero-order chi connectivity index (χ0) is 17.1. The maximum atomic E-state index is 12.6. The third kappa shape index (κ3) is 3.41. The Morgan fingerprint density at radius 1 is 1.17 bits per heavy atom. The number of carbonyl (C=O) groups excluding carboxylic acids is 1. The highest BCUT2D eigenvalue weighted by atomic mass is 32.1. The van der Waals surface area contributed by atoms with Crippen LogP contribution in [0.2, 0.25) is 0 Å². The monoisotopic (exact) mass is 339 g/mol. The molecule has 0 bridgehead atoms. The lowest BCUT2D eigenvalue weighted by Gasteiger charge is -2.21. The third-order valence-corrected chi connectivity index (χ3v) is 4.96. The number of aromatic nitrogens is 2. The second-order valence-electron chi connectivity index (χ2n) is 6.14. The summed E-state index contributed by atoms with van der Waals surface area (Å²) in [6.45, 7) is 6.24. The van der Waals surface area contributed by atoms with Gasteiger partial charge < -0.3 is 5.32 Å². The lowest BCUT2D eigenvalue weighted by Crippen LogP contribution is -2.31. The molecule has 0 aliphatic carbocycles. The van der Waals surface area contributed by atoms with E-state index >= 15 is 0 Å². The molecule has 3 aromatic rings. The van der Waals surface area contributed by atoms with Crippen LogP contribution in [0.25, 0.3) is 5.69 Å². The van der Waals surface area contributed by atoms with Crippen LogP contribution < -0.4 is 5.32 Å². The Morgan fingerprint density at radius 2 is 1.92 bits per heavy atom. The number of aryl methyl sites for hydroxylation is 1. The molecule has 24 heavy (non-hydrogen) atoms. The van der Waals surface area contributed by atoms with Crippen LogP contribution in [0.3, 0.4) is 0 Å². The van der Waals surface area contributed by atoms with Crippen LogP contribution in [0.1, 0.15) is 40.8 Å². The Balaban J connectivity index is 1.76. The van der Waals surface area contributed by atoms with Crippen molar-refractivity contribution in [2.45, 2.75) is 26.8 Å². The van der Waals surface area contributed by atoms with E-state index in [1.807, 2.05) is 53.4 Å². The number of benzene rings is 1. The van der Waals surface area contributed by atoms with Crippen LogP contribution in [-0.4, -0.2) is 15.7 Å². The average molecular weight is 339 g/mol. The quantitative estimate of drug-likeness (QED) is 0.750. The lowest BCUT2D eigenvalue weighted by molar-refractivity contribution is 0.0926. The van der Waals surface area contributed by atoms with E-state index in [0.717, 1.165) is 11.4 Å². The molecule has 0 radical (unpaired) electrons. The van der Waals surface area contributed by atoms with Gasteiger partial charge >= 0.3 is 0 Å². The van der Waals surface area contributed by atoms with Gasteiger partial charge in [0.15, 0.2) is 0 Å². The average Bonchev–Trinajstić information content (AvgIpc) is 3.24. The van der Waals surface area contributed by atoms with Crippen LogP contribution >= 0.6 is 11.3 Å². The standard InChI is InChI=1S/C19H21N3OS/c1-13(2)18(17-5-4-12-24-17)21-19(23)15-6-8-16(9-7-15)22-14(3)10-11-20-22/h4-13,18H,1-3H3,(H,21,23)/t18-/m0/s1. The van der Waals surface area contributed by atoms with E-state index in [0.29, 0.717) is 11.5 Å².